The van der Waals surface area contributed by atoms with E-state index in [4.69, 9.17) is 28.8 Å². The zero-order valence-corrected chi connectivity index (χ0v) is 25.6. The van der Waals surface area contributed by atoms with Crippen molar-refractivity contribution in [1.82, 2.24) is 5.32 Å². The number of carbonyl (C=O) groups excluding carboxylic acids is 2. The maximum atomic E-state index is 12.3. The van der Waals surface area contributed by atoms with Crippen LogP contribution in [0.2, 0.25) is 25.7 Å². The first-order chi connectivity index (χ1) is 17.9. The van der Waals surface area contributed by atoms with Crippen LogP contribution in [0.25, 0.3) is 0 Å². The molecule has 224 valence electrons. The molecule has 0 amide bonds. The lowest BCUT2D eigenvalue weighted by molar-refractivity contribution is -0.161. The highest BCUT2D eigenvalue weighted by Crippen LogP contribution is 2.58. The van der Waals surface area contributed by atoms with E-state index in [1.54, 1.807) is 0 Å². The molecule has 0 radical (unpaired) electrons. The number of hydrogen-bond donors (Lipinski definition) is 4. The average Bonchev–Trinajstić information content (AvgIpc) is 2.83. The number of nitrogens with two attached hydrogens (primary N) is 1. The smallest absolute Gasteiger partial charge is 0.480 e. The molecular formula is C24H50N2O10PSi+. The SMILES string of the molecule is CCCCCC(=O)O[C@H](COC(=O)CCCCCN)CO[P+](O)(OCC[Si](C)(C)C)OCC(NC)C(=O)O. The van der Waals surface area contributed by atoms with Gasteiger partial charge < -0.3 is 25.6 Å². The molecule has 0 rings (SSSR count). The van der Waals surface area contributed by atoms with E-state index in [0.717, 1.165) is 25.7 Å². The number of esters is 2. The van der Waals surface area contributed by atoms with Gasteiger partial charge in [0, 0.05) is 20.9 Å². The molecule has 2 unspecified atom stereocenters. The number of unbranched alkanes of at least 4 members (excludes halogenated alkanes) is 4. The highest BCUT2D eigenvalue weighted by Gasteiger charge is 2.47. The summed E-state index contributed by atoms with van der Waals surface area (Å²) in [5.74, 6) is -2.09. The summed E-state index contributed by atoms with van der Waals surface area (Å²) in [6.45, 7) is 8.08. The van der Waals surface area contributed by atoms with Crippen molar-refractivity contribution in [2.24, 2.45) is 5.73 Å². The molecule has 14 heteroatoms. The van der Waals surface area contributed by atoms with Gasteiger partial charge in [-0.05, 0) is 38.9 Å². The Morgan fingerprint density at radius 2 is 1.55 bits per heavy atom. The van der Waals surface area contributed by atoms with Gasteiger partial charge in [-0.15, -0.1) is 4.52 Å². The van der Waals surface area contributed by atoms with Crippen LogP contribution in [0, 0.1) is 0 Å². The molecule has 0 aromatic carbocycles. The third-order valence-electron chi connectivity index (χ3n) is 5.38. The highest BCUT2D eigenvalue weighted by molar-refractivity contribution is 7.55. The first kappa shape index (κ1) is 36.8. The Morgan fingerprint density at radius 3 is 2.13 bits per heavy atom. The molecule has 38 heavy (non-hydrogen) atoms. The molecule has 0 bridgehead atoms. The van der Waals surface area contributed by atoms with Crippen LogP contribution in [0.1, 0.15) is 58.3 Å². The fourth-order valence-corrected chi connectivity index (χ4v) is 5.06. The van der Waals surface area contributed by atoms with E-state index in [2.05, 4.69) is 25.0 Å². The van der Waals surface area contributed by atoms with Crippen molar-refractivity contribution in [2.45, 2.75) is 96.1 Å². The van der Waals surface area contributed by atoms with E-state index in [9.17, 15) is 24.4 Å². The van der Waals surface area contributed by atoms with Gasteiger partial charge in [-0.2, -0.15) is 13.9 Å². The number of carboxylic acid groups (broad SMARTS) is 1. The van der Waals surface area contributed by atoms with Crippen molar-refractivity contribution < 1.29 is 47.4 Å². The number of nitrogens with one attached hydrogen (secondary N) is 1. The highest BCUT2D eigenvalue weighted by atomic mass is 31.2. The lowest BCUT2D eigenvalue weighted by Crippen LogP contribution is -2.38. The van der Waals surface area contributed by atoms with Gasteiger partial charge in [0.1, 0.15) is 25.9 Å². The summed E-state index contributed by atoms with van der Waals surface area (Å²) in [6.07, 6.45) is 4.11. The molecule has 0 aliphatic heterocycles. The van der Waals surface area contributed by atoms with Crippen LogP contribution >= 0.6 is 8.17 Å². The van der Waals surface area contributed by atoms with E-state index in [0.29, 0.717) is 25.4 Å². The van der Waals surface area contributed by atoms with Gasteiger partial charge in [0.05, 0.1) is 6.61 Å². The maximum Gasteiger partial charge on any atom is 0.572 e. The van der Waals surface area contributed by atoms with Gasteiger partial charge in [0.2, 0.25) is 0 Å². The average molecular weight is 586 g/mol. The number of rotatable bonds is 24. The molecule has 0 spiro atoms. The van der Waals surface area contributed by atoms with Crippen molar-refractivity contribution in [1.29, 1.82) is 0 Å². The quantitative estimate of drug-likeness (QED) is 0.0564. The van der Waals surface area contributed by atoms with Gasteiger partial charge in [0.25, 0.3) is 0 Å². The number of aliphatic carboxylic acids is 1. The van der Waals surface area contributed by atoms with E-state index >= 15 is 0 Å². The largest absolute Gasteiger partial charge is 0.572 e. The Labute approximate surface area is 228 Å². The second kappa shape index (κ2) is 20.7. The molecule has 0 saturated carbocycles. The summed E-state index contributed by atoms with van der Waals surface area (Å²) in [4.78, 5) is 46.8. The maximum absolute atomic E-state index is 12.3. The number of carbonyl (C=O) groups is 3. The van der Waals surface area contributed by atoms with E-state index < -0.39 is 52.9 Å². The second-order valence-corrected chi connectivity index (χ2v) is 17.6. The first-order valence-corrected chi connectivity index (χ1v) is 18.6. The summed E-state index contributed by atoms with van der Waals surface area (Å²) >= 11 is 0. The van der Waals surface area contributed by atoms with E-state index in [-0.39, 0.29) is 32.7 Å². The Hall–Kier alpha value is -1.18. The van der Waals surface area contributed by atoms with Crippen molar-refractivity contribution in [3.05, 3.63) is 0 Å². The fraction of sp³-hybridized carbons (Fsp3) is 0.875. The summed E-state index contributed by atoms with van der Waals surface area (Å²) < 4.78 is 27.4. The minimum absolute atomic E-state index is 0.149. The minimum atomic E-state index is -3.98. The van der Waals surface area contributed by atoms with Crippen LogP contribution in [0.3, 0.4) is 0 Å². The molecule has 0 aromatic heterocycles. The molecule has 3 atom stereocenters. The van der Waals surface area contributed by atoms with E-state index in [1.165, 1.54) is 7.05 Å². The van der Waals surface area contributed by atoms with Crippen molar-refractivity contribution in [2.75, 3.05) is 40.0 Å². The standard InChI is InChI=1S/C24H49N2O10PSi/c1-6-7-9-13-23(28)36-20(17-32-22(27)12-10-8-11-14-25)18-34-37(31,33-15-16-38(3,4)5)35-19-21(26-2)24(29)30/h20-21,26,31H,6-19,25H2,1-5H3/p+1/t20-,21?,37?/m1/s1. The predicted molar refractivity (Wildman–Crippen MR) is 148 cm³/mol. The van der Waals surface area contributed by atoms with E-state index in [1.807, 2.05) is 6.92 Å². The number of carboxylic acids is 1. The van der Waals surface area contributed by atoms with Crippen molar-refractivity contribution in [3.8, 4) is 0 Å². The molecule has 0 aromatic rings. The fourth-order valence-electron chi connectivity index (χ4n) is 2.93. The van der Waals surface area contributed by atoms with Gasteiger partial charge in [-0.1, -0.05) is 45.8 Å². The molecule has 12 nitrogen and oxygen atoms in total. The van der Waals surface area contributed by atoms with Crippen LogP contribution in [0.5, 0.6) is 0 Å². The predicted octanol–water partition coefficient (Wildman–Crippen LogP) is 3.27. The summed E-state index contributed by atoms with van der Waals surface area (Å²) in [5, 5.41) is 11.8. The molecule has 0 aliphatic carbocycles. The number of hydrogen-bond acceptors (Lipinski definition) is 11. The summed E-state index contributed by atoms with van der Waals surface area (Å²) in [6, 6.07) is -0.397. The molecule has 0 aliphatic rings. The van der Waals surface area contributed by atoms with Crippen LogP contribution in [-0.2, 0) is 37.4 Å². The van der Waals surface area contributed by atoms with Crippen LogP contribution in [-0.4, -0.2) is 88.1 Å². The molecular weight excluding hydrogens is 535 g/mol. The van der Waals surface area contributed by atoms with Gasteiger partial charge in [-0.3, -0.25) is 14.4 Å². The number of ether oxygens (including phenoxy) is 2. The lowest BCUT2D eigenvalue weighted by atomic mass is 10.2. The Bertz CT molecular complexity index is 683. The lowest BCUT2D eigenvalue weighted by Gasteiger charge is -2.22. The van der Waals surface area contributed by atoms with Crippen LogP contribution < -0.4 is 11.1 Å². The Balaban J connectivity index is 5.29. The monoisotopic (exact) mass is 585 g/mol. The molecule has 0 fully saturated rings. The minimum Gasteiger partial charge on any atom is -0.480 e. The topological polar surface area (TPSA) is 176 Å². The van der Waals surface area contributed by atoms with Crippen LogP contribution in [0.4, 0.5) is 0 Å². The van der Waals surface area contributed by atoms with Gasteiger partial charge in [-0.25, -0.2) is 0 Å². The van der Waals surface area contributed by atoms with Crippen molar-refractivity contribution >= 4 is 34.2 Å². The zero-order chi connectivity index (χ0) is 29.0. The first-order valence-electron chi connectivity index (χ1n) is 13.4. The third-order valence-corrected chi connectivity index (χ3v) is 8.54. The van der Waals surface area contributed by atoms with Crippen LogP contribution in [0.15, 0.2) is 0 Å². The normalized spacial score (nSPS) is 14.9. The Morgan fingerprint density at radius 1 is 0.921 bits per heavy atom. The Kier molecular flexibility index (Phi) is 20.0. The van der Waals surface area contributed by atoms with Gasteiger partial charge in [0.15, 0.2) is 6.10 Å². The van der Waals surface area contributed by atoms with Crippen molar-refractivity contribution in [3.63, 3.8) is 0 Å². The van der Waals surface area contributed by atoms with Gasteiger partial charge >= 0.3 is 26.1 Å². The molecule has 0 saturated heterocycles. The molecule has 0 heterocycles. The number of likely N-dealkylation sites (N-methyl/N-ethyl adjacent to an activating group) is 1. The zero-order valence-electron chi connectivity index (χ0n) is 23.7. The summed E-state index contributed by atoms with van der Waals surface area (Å²) in [7, 11) is -4.05. The molecule has 5 N–H and O–H groups in total. The second-order valence-electron chi connectivity index (χ2n) is 10.2. The third kappa shape index (κ3) is 19.8. The summed E-state index contributed by atoms with van der Waals surface area (Å²) in [5.41, 5.74) is 5.47.